The monoisotopic (exact) mass is 281 g/mol. The highest BCUT2D eigenvalue weighted by molar-refractivity contribution is 7.94. The molecule has 19 heavy (non-hydrogen) atoms. The Balaban J connectivity index is 3.37. The Kier molecular flexibility index (Phi) is 5.76. The Morgan fingerprint density at radius 2 is 1.84 bits per heavy atom. The third-order valence-corrected chi connectivity index (χ3v) is 5.79. The van der Waals surface area contributed by atoms with Gasteiger partial charge in [-0.15, -0.1) is 0 Å². The number of rotatable bonds is 5. The predicted molar refractivity (Wildman–Crippen MR) is 80.6 cm³/mol. The van der Waals surface area contributed by atoms with Crippen LogP contribution in [0.2, 0.25) is 0 Å². The average Bonchev–Trinajstić information content (AvgIpc) is 2.44. The van der Waals surface area contributed by atoms with E-state index < -0.39 is 21.1 Å². The van der Waals surface area contributed by atoms with Gasteiger partial charge in [-0.2, -0.15) is 0 Å². The van der Waals surface area contributed by atoms with E-state index >= 15 is 0 Å². The smallest absolute Gasteiger partial charge is 0.0916 e. The van der Waals surface area contributed by atoms with Crippen molar-refractivity contribution in [2.24, 2.45) is 10.3 Å². The summed E-state index contributed by atoms with van der Waals surface area (Å²) >= 11 is 0. The second kappa shape index (κ2) is 6.87. The molecule has 0 radical (unpaired) electrons. The van der Waals surface area contributed by atoms with Crippen molar-refractivity contribution in [3.63, 3.8) is 0 Å². The molecule has 0 aliphatic carbocycles. The minimum absolute atomic E-state index is 0.0208. The number of allylic oxidation sites excluding steroid dienone is 1. The summed E-state index contributed by atoms with van der Waals surface area (Å²) in [5.74, 6) is 0.0208. The lowest BCUT2D eigenvalue weighted by Crippen LogP contribution is -2.36. The van der Waals surface area contributed by atoms with E-state index in [4.69, 9.17) is 0 Å². The van der Waals surface area contributed by atoms with E-state index in [9.17, 15) is 9.32 Å². The molecule has 106 valence electrons. The number of aliphatic hydroxyl groups is 1. The number of hydrogen-bond donors (Lipinski definition) is 1. The van der Waals surface area contributed by atoms with Gasteiger partial charge in [0, 0.05) is 11.9 Å². The minimum atomic E-state index is -2.66. The standard InChI is InChI=1S/C15H23NO2S/c1-5-9-14(15(17)12(2)3)19(18,16-4)13-10-7-6-8-11-13/h5-12,14-15,17H,1-4H3/b9-5+/t14-,15-,19?/m1/s1. The van der Waals surface area contributed by atoms with Crippen LogP contribution in [0.3, 0.4) is 0 Å². The van der Waals surface area contributed by atoms with Gasteiger partial charge in [0.2, 0.25) is 0 Å². The molecule has 0 aliphatic rings. The Labute approximate surface area is 116 Å². The van der Waals surface area contributed by atoms with E-state index in [1.165, 1.54) is 0 Å². The normalized spacial score (nSPS) is 18.2. The summed E-state index contributed by atoms with van der Waals surface area (Å²) in [6.45, 7) is 5.70. The molecule has 0 saturated heterocycles. The predicted octanol–water partition coefficient (Wildman–Crippen LogP) is 3.10. The third kappa shape index (κ3) is 3.45. The van der Waals surface area contributed by atoms with Crippen LogP contribution in [0.1, 0.15) is 20.8 Å². The van der Waals surface area contributed by atoms with Gasteiger partial charge in [0.25, 0.3) is 0 Å². The summed E-state index contributed by atoms with van der Waals surface area (Å²) in [6.07, 6.45) is 2.93. The second-order valence-corrected chi connectivity index (χ2v) is 7.31. The Morgan fingerprint density at radius 3 is 2.26 bits per heavy atom. The number of hydrogen-bond acceptors (Lipinski definition) is 3. The molecular weight excluding hydrogens is 258 g/mol. The van der Waals surface area contributed by atoms with Crippen LogP contribution in [0.15, 0.2) is 51.7 Å². The van der Waals surface area contributed by atoms with Gasteiger partial charge in [0.1, 0.15) is 0 Å². The average molecular weight is 281 g/mol. The fraction of sp³-hybridized carbons (Fsp3) is 0.467. The Morgan fingerprint density at radius 1 is 1.26 bits per heavy atom. The summed E-state index contributed by atoms with van der Waals surface area (Å²) in [5.41, 5.74) is 0. The zero-order valence-corrected chi connectivity index (χ0v) is 12.8. The van der Waals surface area contributed by atoms with Crippen molar-refractivity contribution < 1.29 is 9.32 Å². The van der Waals surface area contributed by atoms with E-state index in [0.717, 1.165) is 0 Å². The first-order valence-corrected chi connectivity index (χ1v) is 8.05. The summed E-state index contributed by atoms with van der Waals surface area (Å²) in [4.78, 5) is 0.667. The molecule has 1 rings (SSSR count). The van der Waals surface area contributed by atoms with Crippen LogP contribution in [0.25, 0.3) is 0 Å². The summed E-state index contributed by atoms with van der Waals surface area (Å²) in [5, 5.41) is 9.86. The van der Waals surface area contributed by atoms with E-state index in [1.54, 1.807) is 25.3 Å². The van der Waals surface area contributed by atoms with Gasteiger partial charge in [-0.3, -0.25) is 0 Å². The number of nitrogens with zero attached hydrogens (tertiary/aromatic N) is 1. The third-order valence-electron chi connectivity index (χ3n) is 3.12. The number of aliphatic hydroxyl groups excluding tert-OH is 1. The molecule has 0 heterocycles. The van der Waals surface area contributed by atoms with E-state index in [0.29, 0.717) is 4.90 Å². The Hall–Kier alpha value is -1.13. The summed E-state index contributed by atoms with van der Waals surface area (Å²) in [7, 11) is -1.11. The molecule has 0 amide bonds. The van der Waals surface area contributed by atoms with Crippen molar-refractivity contribution in [3.05, 3.63) is 42.5 Å². The Bertz CT molecular complexity index is 528. The molecule has 0 aromatic heterocycles. The topological polar surface area (TPSA) is 49.7 Å². The van der Waals surface area contributed by atoms with Crippen LogP contribution in [0.4, 0.5) is 0 Å². The van der Waals surface area contributed by atoms with Crippen molar-refractivity contribution in [2.45, 2.75) is 37.0 Å². The van der Waals surface area contributed by atoms with Gasteiger partial charge in [-0.1, -0.05) is 44.2 Å². The molecule has 3 atom stereocenters. The van der Waals surface area contributed by atoms with Crippen LogP contribution in [0, 0.1) is 5.92 Å². The van der Waals surface area contributed by atoms with Crippen molar-refractivity contribution in [1.82, 2.24) is 0 Å². The lowest BCUT2D eigenvalue weighted by molar-refractivity contribution is 0.131. The molecule has 0 spiro atoms. The maximum atomic E-state index is 13.2. The maximum Gasteiger partial charge on any atom is 0.0916 e. The van der Waals surface area contributed by atoms with Crippen molar-refractivity contribution in [3.8, 4) is 0 Å². The van der Waals surface area contributed by atoms with Crippen LogP contribution >= 0.6 is 0 Å². The largest absolute Gasteiger partial charge is 0.391 e. The molecule has 0 aliphatic heterocycles. The molecule has 1 aromatic carbocycles. The van der Waals surface area contributed by atoms with Gasteiger partial charge >= 0.3 is 0 Å². The fourth-order valence-electron chi connectivity index (χ4n) is 1.98. The fourth-order valence-corrected chi connectivity index (χ4v) is 4.36. The highest BCUT2D eigenvalue weighted by atomic mass is 32.2. The van der Waals surface area contributed by atoms with Gasteiger partial charge in [-0.05, 0) is 25.0 Å². The first-order valence-electron chi connectivity index (χ1n) is 6.47. The van der Waals surface area contributed by atoms with Gasteiger partial charge in [-0.25, -0.2) is 8.57 Å². The quantitative estimate of drug-likeness (QED) is 0.843. The second-order valence-electron chi connectivity index (χ2n) is 4.79. The van der Waals surface area contributed by atoms with E-state index in [2.05, 4.69) is 4.36 Å². The van der Waals surface area contributed by atoms with Crippen molar-refractivity contribution in [1.29, 1.82) is 0 Å². The van der Waals surface area contributed by atoms with Gasteiger partial charge < -0.3 is 5.11 Å². The van der Waals surface area contributed by atoms with Crippen LogP contribution in [-0.4, -0.2) is 27.7 Å². The maximum absolute atomic E-state index is 13.2. The minimum Gasteiger partial charge on any atom is -0.391 e. The van der Waals surface area contributed by atoms with Crippen LogP contribution < -0.4 is 0 Å². The number of benzene rings is 1. The lowest BCUT2D eigenvalue weighted by Gasteiger charge is -2.26. The first-order chi connectivity index (χ1) is 8.97. The molecular formula is C15H23NO2S. The van der Waals surface area contributed by atoms with Crippen LogP contribution in [0.5, 0.6) is 0 Å². The SMILES string of the molecule is C/C=C/[C@H]([C@H](O)C(C)C)S(=O)(=NC)c1ccccc1. The van der Waals surface area contributed by atoms with Gasteiger partial charge in [0.15, 0.2) is 0 Å². The van der Waals surface area contributed by atoms with Crippen molar-refractivity contribution in [2.75, 3.05) is 7.05 Å². The van der Waals surface area contributed by atoms with E-state index in [-0.39, 0.29) is 5.92 Å². The highest BCUT2D eigenvalue weighted by Gasteiger charge is 2.31. The summed E-state index contributed by atoms with van der Waals surface area (Å²) < 4.78 is 17.3. The van der Waals surface area contributed by atoms with Crippen LogP contribution in [-0.2, 0) is 9.73 Å². The molecule has 0 saturated carbocycles. The highest BCUT2D eigenvalue weighted by Crippen LogP contribution is 2.25. The molecule has 4 heteroatoms. The summed E-state index contributed by atoms with van der Waals surface area (Å²) in [6, 6.07) is 9.17. The molecule has 0 fully saturated rings. The zero-order chi connectivity index (χ0) is 14.5. The van der Waals surface area contributed by atoms with Crippen molar-refractivity contribution >= 4 is 9.73 Å². The van der Waals surface area contributed by atoms with E-state index in [1.807, 2.05) is 45.0 Å². The molecule has 3 nitrogen and oxygen atoms in total. The molecule has 1 N–H and O–H groups in total. The molecule has 1 unspecified atom stereocenters. The zero-order valence-electron chi connectivity index (χ0n) is 12.0. The molecule has 0 bridgehead atoms. The first kappa shape index (κ1) is 15.9. The lowest BCUT2D eigenvalue weighted by atomic mass is 10.0. The molecule has 1 aromatic rings. The van der Waals surface area contributed by atoms with Gasteiger partial charge in [0.05, 0.1) is 21.1 Å².